The van der Waals surface area contributed by atoms with Crippen LogP contribution >= 0.6 is 0 Å². The molecule has 0 heterocycles. The first-order valence-corrected chi connectivity index (χ1v) is 13.5. The van der Waals surface area contributed by atoms with E-state index in [4.69, 9.17) is 19.3 Å². The quantitative estimate of drug-likeness (QED) is 0.293. The second kappa shape index (κ2) is 14.5. The minimum atomic E-state index is -1.08. The molecule has 1 fully saturated rings. The number of nitrogens with one attached hydrogen (secondary N) is 2. The van der Waals surface area contributed by atoms with E-state index in [0.717, 1.165) is 19.3 Å². The van der Waals surface area contributed by atoms with Gasteiger partial charge in [-0.1, -0.05) is 33.6 Å². The number of benzene rings is 2. The van der Waals surface area contributed by atoms with Crippen LogP contribution in [0.3, 0.4) is 0 Å². The highest BCUT2D eigenvalue weighted by Gasteiger charge is 2.33. The van der Waals surface area contributed by atoms with Gasteiger partial charge in [0.25, 0.3) is 0 Å². The summed E-state index contributed by atoms with van der Waals surface area (Å²) in [6.07, 6.45) is 2.57. The van der Waals surface area contributed by atoms with E-state index in [9.17, 15) is 19.2 Å². The van der Waals surface area contributed by atoms with Gasteiger partial charge in [0.2, 0.25) is 11.8 Å². The number of methoxy groups -OCH3 is 1. The number of carbonyl (C=O) groups excluding carboxylic acids is 3. The molecule has 1 saturated carbocycles. The van der Waals surface area contributed by atoms with E-state index in [-0.39, 0.29) is 37.1 Å². The van der Waals surface area contributed by atoms with Crippen LogP contribution in [-0.2, 0) is 23.9 Å². The maximum Gasteiger partial charge on any atom is 0.337 e. The molecule has 0 aliphatic heterocycles. The molecule has 3 unspecified atom stereocenters. The molecule has 2 aromatic rings. The van der Waals surface area contributed by atoms with Crippen LogP contribution in [-0.4, -0.2) is 48.7 Å². The van der Waals surface area contributed by atoms with Crippen LogP contribution in [0.25, 0.3) is 0 Å². The number of aliphatic carboxylic acids is 1. The lowest BCUT2D eigenvalue weighted by Crippen LogP contribution is -2.38. The van der Waals surface area contributed by atoms with Crippen LogP contribution in [0, 0.1) is 17.8 Å². The largest absolute Gasteiger partial charge is 0.481 e. The molecule has 3 rings (SSSR count). The fraction of sp³-hybridized carbons (Fsp3) is 0.467. The van der Waals surface area contributed by atoms with Crippen molar-refractivity contribution < 1.29 is 38.5 Å². The Bertz CT molecular complexity index is 1190. The van der Waals surface area contributed by atoms with Gasteiger partial charge in [0.15, 0.2) is 0 Å². The van der Waals surface area contributed by atoms with Crippen LogP contribution in [0.5, 0.6) is 11.5 Å². The average Bonchev–Trinajstić information content (AvgIpc) is 2.92. The second-order valence-electron chi connectivity index (χ2n) is 10.4. The van der Waals surface area contributed by atoms with E-state index in [1.165, 1.54) is 7.11 Å². The summed E-state index contributed by atoms with van der Waals surface area (Å²) < 4.78 is 16.7. The number of ether oxygens (including phenoxy) is 3. The van der Waals surface area contributed by atoms with Crippen molar-refractivity contribution in [2.45, 2.75) is 59.0 Å². The fourth-order valence-corrected chi connectivity index (χ4v) is 5.19. The van der Waals surface area contributed by atoms with Crippen LogP contribution in [0.15, 0.2) is 42.5 Å². The molecule has 2 amide bonds. The van der Waals surface area contributed by atoms with Crippen LogP contribution in [0.1, 0.15) is 63.2 Å². The van der Waals surface area contributed by atoms with E-state index in [2.05, 4.69) is 31.4 Å². The smallest absolute Gasteiger partial charge is 0.337 e. The van der Waals surface area contributed by atoms with Gasteiger partial charge in [-0.25, -0.2) is 4.79 Å². The Morgan fingerprint density at radius 1 is 0.925 bits per heavy atom. The molecule has 0 bridgehead atoms. The molecule has 0 radical (unpaired) electrons. The Labute approximate surface area is 234 Å². The number of hydrogen-bond donors (Lipinski definition) is 3. The van der Waals surface area contributed by atoms with Crippen molar-refractivity contribution in [3.05, 3.63) is 48.0 Å². The molecule has 1 aliphatic rings. The zero-order chi connectivity index (χ0) is 29.2. The molecule has 216 valence electrons. The Hall–Kier alpha value is -3.92. The third kappa shape index (κ3) is 8.81. The van der Waals surface area contributed by atoms with Crippen molar-refractivity contribution in [1.82, 2.24) is 0 Å². The summed E-state index contributed by atoms with van der Waals surface area (Å²) >= 11 is 0. The highest BCUT2D eigenvalue weighted by Crippen LogP contribution is 2.37. The monoisotopic (exact) mass is 554 g/mol. The summed E-state index contributed by atoms with van der Waals surface area (Å²) in [6.45, 7) is 6.44. The minimum Gasteiger partial charge on any atom is -0.481 e. The Balaban J connectivity index is 1.74. The lowest BCUT2D eigenvalue weighted by atomic mass is 9.72. The normalized spacial score (nSPS) is 18.6. The molecule has 0 spiro atoms. The number of rotatable bonds is 12. The lowest BCUT2D eigenvalue weighted by Gasteiger charge is -2.38. The maximum atomic E-state index is 13.0. The average molecular weight is 555 g/mol. The molecule has 10 heteroatoms. The molecule has 0 saturated heterocycles. The molecule has 3 N–H and O–H groups in total. The number of carboxylic acids is 1. The van der Waals surface area contributed by atoms with Crippen molar-refractivity contribution in [1.29, 1.82) is 0 Å². The third-order valence-electron chi connectivity index (χ3n) is 7.05. The summed E-state index contributed by atoms with van der Waals surface area (Å²) in [5, 5.41) is 14.3. The molecule has 10 nitrogen and oxygen atoms in total. The standard InChI is InChI=1S/C30H38N2O8/c1-18(2)29-19(3)6-5-7-25(29)39-17-27(34)32-24-16-22(12-13-23(24)31-26(33)14-15-28(35)36)40-21-10-8-20(9-11-21)30(37)38-4/h8-13,16,18-19,25,29H,5-7,14-15,17H2,1-4H3,(H,31,33)(H,32,34)(H,35,36). The third-order valence-corrected chi connectivity index (χ3v) is 7.05. The Kier molecular flexibility index (Phi) is 11.1. The van der Waals surface area contributed by atoms with Gasteiger partial charge in [0, 0.05) is 12.5 Å². The van der Waals surface area contributed by atoms with E-state index >= 15 is 0 Å². The number of esters is 1. The molecule has 2 aromatic carbocycles. The number of hydrogen-bond acceptors (Lipinski definition) is 7. The van der Waals surface area contributed by atoms with Crippen molar-refractivity contribution in [3.63, 3.8) is 0 Å². The first kappa shape index (κ1) is 30.6. The number of amides is 2. The summed E-state index contributed by atoms with van der Waals surface area (Å²) in [7, 11) is 1.30. The van der Waals surface area contributed by atoms with E-state index in [1.807, 2.05) is 0 Å². The molecule has 1 aliphatic carbocycles. The highest BCUT2D eigenvalue weighted by molar-refractivity contribution is 6.00. The first-order valence-electron chi connectivity index (χ1n) is 13.5. The van der Waals surface area contributed by atoms with Gasteiger partial charge in [-0.2, -0.15) is 0 Å². The predicted octanol–water partition coefficient (Wildman–Crippen LogP) is 5.48. The fourth-order valence-electron chi connectivity index (χ4n) is 5.19. The number of carboxylic acid groups (broad SMARTS) is 1. The van der Waals surface area contributed by atoms with Crippen molar-refractivity contribution >= 4 is 35.1 Å². The van der Waals surface area contributed by atoms with E-state index in [1.54, 1.807) is 42.5 Å². The van der Waals surface area contributed by atoms with Crippen molar-refractivity contribution in [3.8, 4) is 11.5 Å². The van der Waals surface area contributed by atoms with Crippen LogP contribution in [0.4, 0.5) is 11.4 Å². The molecular weight excluding hydrogens is 516 g/mol. The highest BCUT2D eigenvalue weighted by atomic mass is 16.5. The zero-order valence-corrected chi connectivity index (χ0v) is 23.4. The number of carbonyl (C=O) groups is 4. The maximum absolute atomic E-state index is 13.0. The van der Waals surface area contributed by atoms with Gasteiger partial charge >= 0.3 is 11.9 Å². The summed E-state index contributed by atoms with van der Waals surface area (Å²) in [6, 6.07) is 11.1. The topological polar surface area (TPSA) is 140 Å². The molecule has 3 atom stereocenters. The van der Waals surface area contributed by atoms with Gasteiger partial charge in [0.1, 0.15) is 18.1 Å². The molecule has 40 heavy (non-hydrogen) atoms. The second-order valence-corrected chi connectivity index (χ2v) is 10.4. The predicted molar refractivity (Wildman–Crippen MR) is 150 cm³/mol. The number of anilines is 2. The Morgan fingerprint density at radius 3 is 2.25 bits per heavy atom. The van der Waals surface area contributed by atoms with Gasteiger partial charge in [0.05, 0.1) is 36.6 Å². The van der Waals surface area contributed by atoms with Gasteiger partial charge in [-0.15, -0.1) is 0 Å². The van der Waals surface area contributed by atoms with E-state index < -0.39 is 17.8 Å². The van der Waals surface area contributed by atoms with Gasteiger partial charge in [-0.05, 0) is 60.6 Å². The van der Waals surface area contributed by atoms with Gasteiger partial charge in [-0.3, -0.25) is 14.4 Å². The first-order chi connectivity index (χ1) is 19.1. The molecular formula is C30H38N2O8. The zero-order valence-electron chi connectivity index (χ0n) is 23.4. The Morgan fingerprint density at radius 2 is 1.60 bits per heavy atom. The van der Waals surface area contributed by atoms with Crippen LogP contribution in [0.2, 0.25) is 0 Å². The summed E-state index contributed by atoms with van der Waals surface area (Å²) in [5.74, 6) is -0.309. The van der Waals surface area contributed by atoms with Crippen molar-refractivity contribution in [2.24, 2.45) is 17.8 Å². The van der Waals surface area contributed by atoms with Gasteiger partial charge < -0.3 is 30.0 Å². The molecule has 0 aromatic heterocycles. The van der Waals surface area contributed by atoms with Crippen molar-refractivity contribution in [2.75, 3.05) is 24.4 Å². The SMILES string of the molecule is COC(=O)c1ccc(Oc2ccc(NC(=O)CCC(=O)O)c(NC(=O)COC3CCCC(C)C3C(C)C)c2)cc1. The minimum absolute atomic E-state index is 0.00711. The summed E-state index contributed by atoms with van der Waals surface area (Å²) in [4.78, 5) is 47.8. The van der Waals surface area contributed by atoms with Crippen LogP contribution < -0.4 is 15.4 Å². The van der Waals surface area contributed by atoms with E-state index in [0.29, 0.717) is 40.5 Å². The summed E-state index contributed by atoms with van der Waals surface area (Å²) in [5.41, 5.74) is 0.941. The lowest BCUT2D eigenvalue weighted by molar-refractivity contribution is -0.138.